The molecule has 0 saturated carbocycles. The molecule has 1 amide bonds. The molecule has 0 aromatic heterocycles. The van der Waals surface area contributed by atoms with Crippen molar-refractivity contribution >= 4 is 11.6 Å². The number of amides is 1. The van der Waals surface area contributed by atoms with E-state index in [0.29, 0.717) is 19.1 Å². The summed E-state index contributed by atoms with van der Waals surface area (Å²) in [6, 6.07) is 8.33. The molecule has 1 aromatic carbocycles. The average Bonchev–Trinajstić information content (AvgIpc) is 2.61. The number of rotatable bonds is 3. The summed E-state index contributed by atoms with van der Waals surface area (Å²) in [4.78, 5) is 13.6. The van der Waals surface area contributed by atoms with Gasteiger partial charge in [0.05, 0.1) is 6.61 Å². The first kappa shape index (κ1) is 11.1. The molecular formula is C13H17NO2. The Kier molecular flexibility index (Phi) is 3.25. The van der Waals surface area contributed by atoms with Gasteiger partial charge in [0, 0.05) is 25.3 Å². The van der Waals surface area contributed by atoms with Crippen LogP contribution in [0.2, 0.25) is 0 Å². The summed E-state index contributed by atoms with van der Waals surface area (Å²) in [5, 5.41) is 0. The minimum absolute atomic E-state index is 0.229. The Morgan fingerprint density at radius 2 is 2.06 bits per heavy atom. The second-order valence-electron chi connectivity index (χ2n) is 4.25. The van der Waals surface area contributed by atoms with Crippen molar-refractivity contribution in [2.75, 3.05) is 12.0 Å². The first-order chi connectivity index (χ1) is 7.72. The second kappa shape index (κ2) is 4.66. The third kappa shape index (κ3) is 2.09. The fourth-order valence-corrected chi connectivity index (χ4v) is 2.15. The first-order valence-electron chi connectivity index (χ1n) is 5.62. The minimum Gasteiger partial charge on any atom is -0.380 e. The SMILES string of the molecule is COCc1ccc(N2C(=O)CCC2C)cc1. The molecule has 1 atom stereocenters. The van der Waals surface area contributed by atoms with Gasteiger partial charge in [-0.15, -0.1) is 0 Å². The highest BCUT2D eigenvalue weighted by Crippen LogP contribution is 2.26. The molecule has 1 aromatic rings. The van der Waals surface area contributed by atoms with Crippen LogP contribution in [-0.2, 0) is 16.1 Å². The van der Waals surface area contributed by atoms with E-state index >= 15 is 0 Å². The maximum Gasteiger partial charge on any atom is 0.227 e. The lowest BCUT2D eigenvalue weighted by Gasteiger charge is -2.21. The van der Waals surface area contributed by atoms with Gasteiger partial charge in [-0.05, 0) is 31.0 Å². The summed E-state index contributed by atoms with van der Waals surface area (Å²) >= 11 is 0. The van der Waals surface area contributed by atoms with E-state index < -0.39 is 0 Å². The van der Waals surface area contributed by atoms with E-state index in [1.165, 1.54) is 0 Å². The van der Waals surface area contributed by atoms with Gasteiger partial charge in [0.15, 0.2) is 0 Å². The largest absolute Gasteiger partial charge is 0.380 e. The molecule has 3 heteroatoms. The molecule has 86 valence electrons. The van der Waals surface area contributed by atoms with Crippen LogP contribution in [0.5, 0.6) is 0 Å². The molecular weight excluding hydrogens is 202 g/mol. The van der Waals surface area contributed by atoms with Crippen LogP contribution in [0, 0.1) is 0 Å². The lowest BCUT2D eigenvalue weighted by molar-refractivity contribution is -0.117. The Morgan fingerprint density at radius 1 is 1.38 bits per heavy atom. The first-order valence-corrected chi connectivity index (χ1v) is 5.62. The van der Waals surface area contributed by atoms with Crippen molar-refractivity contribution in [3.63, 3.8) is 0 Å². The van der Waals surface area contributed by atoms with Crippen LogP contribution in [0.4, 0.5) is 5.69 Å². The molecule has 2 rings (SSSR count). The summed E-state index contributed by atoms with van der Waals surface area (Å²) in [6.45, 7) is 2.71. The Bertz CT molecular complexity index is 372. The van der Waals surface area contributed by atoms with Gasteiger partial charge in [0.1, 0.15) is 0 Å². The fourth-order valence-electron chi connectivity index (χ4n) is 2.15. The molecule has 0 bridgehead atoms. The third-order valence-corrected chi connectivity index (χ3v) is 3.01. The Morgan fingerprint density at radius 3 is 2.56 bits per heavy atom. The maximum absolute atomic E-state index is 11.7. The molecule has 0 radical (unpaired) electrons. The van der Waals surface area contributed by atoms with Gasteiger partial charge >= 0.3 is 0 Å². The number of nitrogens with zero attached hydrogens (tertiary/aromatic N) is 1. The zero-order valence-electron chi connectivity index (χ0n) is 9.77. The number of anilines is 1. The van der Waals surface area contributed by atoms with Crippen molar-refractivity contribution in [1.82, 2.24) is 0 Å². The normalized spacial score (nSPS) is 20.5. The van der Waals surface area contributed by atoms with Gasteiger partial charge in [0.25, 0.3) is 0 Å². The summed E-state index contributed by atoms with van der Waals surface area (Å²) < 4.78 is 5.05. The molecule has 1 fully saturated rings. The van der Waals surface area contributed by atoms with E-state index in [1.54, 1.807) is 7.11 Å². The van der Waals surface area contributed by atoms with Gasteiger partial charge in [0.2, 0.25) is 5.91 Å². The van der Waals surface area contributed by atoms with Crippen molar-refractivity contribution in [2.45, 2.75) is 32.4 Å². The monoisotopic (exact) mass is 219 g/mol. The lowest BCUT2D eigenvalue weighted by Crippen LogP contribution is -2.30. The summed E-state index contributed by atoms with van der Waals surface area (Å²) in [5.74, 6) is 0.229. The van der Waals surface area contributed by atoms with Crippen molar-refractivity contribution in [3.05, 3.63) is 29.8 Å². The number of carbonyl (C=O) groups excluding carboxylic acids is 1. The molecule has 3 nitrogen and oxygen atoms in total. The quantitative estimate of drug-likeness (QED) is 0.781. The smallest absolute Gasteiger partial charge is 0.227 e. The van der Waals surface area contributed by atoms with Crippen molar-refractivity contribution in [3.8, 4) is 0 Å². The van der Waals surface area contributed by atoms with Crippen LogP contribution in [0.1, 0.15) is 25.3 Å². The van der Waals surface area contributed by atoms with Crippen LogP contribution in [0.25, 0.3) is 0 Å². The third-order valence-electron chi connectivity index (χ3n) is 3.01. The minimum atomic E-state index is 0.229. The van der Waals surface area contributed by atoms with Crippen LogP contribution in [0.3, 0.4) is 0 Å². The fraction of sp³-hybridized carbons (Fsp3) is 0.462. The van der Waals surface area contributed by atoms with E-state index in [2.05, 4.69) is 6.92 Å². The highest BCUT2D eigenvalue weighted by molar-refractivity contribution is 5.96. The van der Waals surface area contributed by atoms with E-state index in [4.69, 9.17) is 4.74 Å². The molecule has 1 saturated heterocycles. The molecule has 0 N–H and O–H groups in total. The zero-order chi connectivity index (χ0) is 11.5. The Balaban J connectivity index is 2.17. The van der Waals surface area contributed by atoms with Gasteiger partial charge in [-0.2, -0.15) is 0 Å². The van der Waals surface area contributed by atoms with Crippen LogP contribution < -0.4 is 4.90 Å². The number of carbonyl (C=O) groups is 1. The van der Waals surface area contributed by atoms with E-state index in [-0.39, 0.29) is 5.91 Å². The summed E-state index contributed by atoms with van der Waals surface area (Å²) in [7, 11) is 1.68. The molecule has 0 spiro atoms. The topological polar surface area (TPSA) is 29.5 Å². The number of ether oxygens (including phenoxy) is 1. The standard InChI is InChI=1S/C13H17NO2/c1-10-3-8-13(15)14(10)12-6-4-11(5-7-12)9-16-2/h4-7,10H,3,8-9H2,1-2H3. The van der Waals surface area contributed by atoms with Crippen LogP contribution >= 0.6 is 0 Å². The van der Waals surface area contributed by atoms with Gasteiger partial charge in [-0.25, -0.2) is 0 Å². The van der Waals surface area contributed by atoms with E-state index in [0.717, 1.165) is 17.7 Å². The van der Waals surface area contributed by atoms with Crippen LogP contribution in [0.15, 0.2) is 24.3 Å². The predicted octanol–water partition coefficient (Wildman–Crippen LogP) is 2.35. The summed E-state index contributed by atoms with van der Waals surface area (Å²) in [6.07, 6.45) is 1.62. The predicted molar refractivity (Wildman–Crippen MR) is 63.3 cm³/mol. The van der Waals surface area contributed by atoms with Gasteiger partial charge in [-0.3, -0.25) is 4.79 Å². The number of methoxy groups -OCH3 is 1. The number of hydrogen-bond donors (Lipinski definition) is 0. The average molecular weight is 219 g/mol. The maximum atomic E-state index is 11.7. The zero-order valence-corrected chi connectivity index (χ0v) is 9.77. The van der Waals surface area contributed by atoms with Gasteiger partial charge < -0.3 is 9.64 Å². The lowest BCUT2D eigenvalue weighted by atomic mass is 10.2. The highest BCUT2D eigenvalue weighted by atomic mass is 16.5. The number of benzene rings is 1. The van der Waals surface area contributed by atoms with Crippen molar-refractivity contribution in [2.24, 2.45) is 0 Å². The Hall–Kier alpha value is -1.35. The van der Waals surface area contributed by atoms with E-state index in [9.17, 15) is 4.79 Å². The molecule has 0 aliphatic carbocycles. The molecule has 1 unspecified atom stereocenters. The van der Waals surface area contributed by atoms with Crippen molar-refractivity contribution < 1.29 is 9.53 Å². The Labute approximate surface area is 96.0 Å². The summed E-state index contributed by atoms with van der Waals surface area (Å²) in [5.41, 5.74) is 2.13. The van der Waals surface area contributed by atoms with Crippen molar-refractivity contribution in [1.29, 1.82) is 0 Å². The molecule has 1 aliphatic heterocycles. The molecule has 1 aliphatic rings. The molecule has 1 heterocycles. The highest BCUT2D eigenvalue weighted by Gasteiger charge is 2.28. The number of hydrogen-bond acceptors (Lipinski definition) is 2. The molecule has 16 heavy (non-hydrogen) atoms. The van der Waals surface area contributed by atoms with Gasteiger partial charge in [-0.1, -0.05) is 12.1 Å². The second-order valence-corrected chi connectivity index (χ2v) is 4.25. The van der Waals surface area contributed by atoms with E-state index in [1.807, 2.05) is 29.2 Å². The van der Waals surface area contributed by atoms with Crippen LogP contribution in [-0.4, -0.2) is 19.1 Å².